The first kappa shape index (κ1) is 18.5. The normalized spacial score (nSPS) is 15.1. The maximum Gasteiger partial charge on any atom is 0.317 e. The van der Waals surface area contributed by atoms with Gasteiger partial charge in [-0.25, -0.2) is 9.78 Å². The Balaban J connectivity index is 1.19. The summed E-state index contributed by atoms with van der Waals surface area (Å²) in [4.78, 5) is 18.9. The fourth-order valence-corrected chi connectivity index (χ4v) is 4.00. The van der Waals surface area contributed by atoms with E-state index in [9.17, 15) is 4.79 Å². The molecule has 2 aromatic carbocycles. The number of para-hydroxylation sites is 2. The first-order chi connectivity index (χ1) is 13.8. The third-order valence-electron chi connectivity index (χ3n) is 5.65. The van der Waals surface area contributed by atoms with Crippen molar-refractivity contribution >= 4 is 17.1 Å². The van der Waals surface area contributed by atoms with E-state index in [1.165, 1.54) is 11.1 Å². The van der Waals surface area contributed by atoms with Crippen molar-refractivity contribution in [3.05, 3.63) is 66.5 Å². The van der Waals surface area contributed by atoms with Gasteiger partial charge in [0.2, 0.25) is 0 Å². The molecule has 146 valence electrons. The van der Waals surface area contributed by atoms with E-state index in [-0.39, 0.29) is 6.03 Å². The number of fused-ring (bicyclic) bond motifs is 1. The minimum absolute atomic E-state index is 0.0830. The van der Waals surface area contributed by atoms with Gasteiger partial charge in [0.15, 0.2) is 0 Å². The van der Waals surface area contributed by atoms with Gasteiger partial charge in [0, 0.05) is 26.2 Å². The molecule has 4 rings (SSSR count). The Kier molecular flexibility index (Phi) is 5.90. The molecule has 2 amide bonds. The maximum atomic E-state index is 12.4. The van der Waals surface area contributed by atoms with Crippen LogP contribution in [0.3, 0.4) is 0 Å². The number of hydrogen-bond acceptors (Lipinski definition) is 2. The molecule has 1 N–H and O–H groups in total. The lowest BCUT2D eigenvalue weighted by Gasteiger charge is -2.32. The zero-order valence-electron chi connectivity index (χ0n) is 16.3. The van der Waals surface area contributed by atoms with Crippen LogP contribution in [0.25, 0.3) is 11.0 Å². The van der Waals surface area contributed by atoms with Crippen molar-refractivity contribution in [2.45, 2.75) is 32.2 Å². The maximum absolute atomic E-state index is 12.4. The van der Waals surface area contributed by atoms with Gasteiger partial charge in [-0.15, -0.1) is 0 Å². The van der Waals surface area contributed by atoms with Crippen molar-refractivity contribution in [3.63, 3.8) is 0 Å². The van der Waals surface area contributed by atoms with E-state index in [1.54, 1.807) is 0 Å². The summed E-state index contributed by atoms with van der Waals surface area (Å²) in [6.45, 7) is 3.38. The Morgan fingerprint density at radius 2 is 1.79 bits per heavy atom. The number of amides is 2. The van der Waals surface area contributed by atoms with Crippen molar-refractivity contribution < 1.29 is 4.79 Å². The van der Waals surface area contributed by atoms with Crippen LogP contribution in [0.2, 0.25) is 0 Å². The van der Waals surface area contributed by atoms with Crippen LogP contribution < -0.4 is 5.32 Å². The van der Waals surface area contributed by atoms with Gasteiger partial charge in [-0.1, -0.05) is 42.5 Å². The van der Waals surface area contributed by atoms with Gasteiger partial charge < -0.3 is 14.8 Å². The summed E-state index contributed by atoms with van der Waals surface area (Å²) in [7, 11) is 0. The summed E-state index contributed by atoms with van der Waals surface area (Å²) in [5, 5.41) is 3.08. The topological polar surface area (TPSA) is 50.2 Å². The van der Waals surface area contributed by atoms with Crippen LogP contribution >= 0.6 is 0 Å². The summed E-state index contributed by atoms with van der Waals surface area (Å²) in [5.41, 5.74) is 3.57. The van der Waals surface area contributed by atoms with Gasteiger partial charge in [0.25, 0.3) is 0 Å². The second kappa shape index (κ2) is 8.91. The molecule has 0 unspecified atom stereocenters. The summed E-state index contributed by atoms with van der Waals surface area (Å²) in [5.74, 6) is 0.597. The van der Waals surface area contributed by atoms with Crippen molar-refractivity contribution in [1.82, 2.24) is 19.8 Å². The molecule has 1 aliphatic heterocycles. The number of piperidine rings is 1. The number of nitrogens with zero attached hydrogens (tertiary/aromatic N) is 3. The lowest BCUT2D eigenvalue weighted by atomic mass is 9.97. The van der Waals surface area contributed by atoms with E-state index in [0.717, 1.165) is 57.4 Å². The Labute approximate surface area is 166 Å². The molecule has 0 aliphatic carbocycles. The third-order valence-corrected chi connectivity index (χ3v) is 5.65. The molecule has 2 heterocycles. The van der Waals surface area contributed by atoms with E-state index in [0.29, 0.717) is 5.92 Å². The second-order valence-corrected chi connectivity index (χ2v) is 7.64. The van der Waals surface area contributed by atoms with Gasteiger partial charge in [0.1, 0.15) is 0 Å². The molecule has 1 aromatic heterocycles. The Hall–Kier alpha value is -2.82. The highest BCUT2D eigenvalue weighted by Crippen LogP contribution is 2.21. The lowest BCUT2D eigenvalue weighted by molar-refractivity contribution is 0.166. The standard InChI is InChI=1S/C23H28N4O/c28-23(24-14-6-9-19-7-2-1-3-8-19)26-15-12-20(13-16-26)17-27-18-25-21-10-4-5-11-22(21)27/h1-5,7-8,10-11,18,20H,6,9,12-17H2,(H,24,28). The van der Waals surface area contributed by atoms with Gasteiger partial charge >= 0.3 is 6.03 Å². The predicted octanol–water partition coefficient (Wildman–Crippen LogP) is 4.09. The van der Waals surface area contributed by atoms with Crippen molar-refractivity contribution in [2.75, 3.05) is 19.6 Å². The van der Waals surface area contributed by atoms with Crippen LogP contribution in [0.4, 0.5) is 4.79 Å². The third kappa shape index (κ3) is 4.53. The number of urea groups is 1. The number of aromatic nitrogens is 2. The van der Waals surface area contributed by atoms with Crippen LogP contribution in [-0.4, -0.2) is 40.1 Å². The van der Waals surface area contributed by atoms with E-state index < -0.39 is 0 Å². The number of aryl methyl sites for hydroxylation is 1. The predicted molar refractivity (Wildman–Crippen MR) is 112 cm³/mol. The number of nitrogens with one attached hydrogen (secondary N) is 1. The molecule has 1 saturated heterocycles. The Bertz CT molecular complexity index is 897. The van der Waals surface area contributed by atoms with Crippen LogP contribution in [0.15, 0.2) is 60.9 Å². The smallest absolute Gasteiger partial charge is 0.317 e. The van der Waals surface area contributed by atoms with E-state index in [2.05, 4.69) is 57.3 Å². The highest BCUT2D eigenvalue weighted by Gasteiger charge is 2.23. The minimum atomic E-state index is 0.0830. The molecule has 1 fully saturated rings. The van der Waals surface area contributed by atoms with Crippen LogP contribution in [0.5, 0.6) is 0 Å². The van der Waals surface area contributed by atoms with Gasteiger partial charge in [0.05, 0.1) is 17.4 Å². The number of imidazole rings is 1. The van der Waals surface area contributed by atoms with Crippen LogP contribution in [-0.2, 0) is 13.0 Å². The molecule has 5 nitrogen and oxygen atoms in total. The van der Waals surface area contributed by atoms with Crippen molar-refractivity contribution in [3.8, 4) is 0 Å². The number of carbonyl (C=O) groups excluding carboxylic acids is 1. The van der Waals surface area contributed by atoms with Crippen molar-refractivity contribution in [2.24, 2.45) is 5.92 Å². The summed E-state index contributed by atoms with van der Waals surface area (Å²) >= 11 is 0. The number of hydrogen-bond donors (Lipinski definition) is 1. The van der Waals surface area contributed by atoms with Crippen LogP contribution in [0.1, 0.15) is 24.8 Å². The average molecular weight is 377 g/mol. The summed E-state index contributed by atoms with van der Waals surface area (Å²) in [6.07, 6.45) is 6.01. The molecule has 0 saturated carbocycles. The molecule has 5 heteroatoms. The fourth-order valence-electron chi connectivity index (χ4n) is 4.00. The molecule has 0 radical (unpaired) electrons. The number of likely N-dealkylation sites (tertiary alicyclic amines) is 1. The molecular formula is C23H28N4O. The molecule has 1 aliphatic rings. The van der Waals surface area contributed by atoms with Gasteiger partial charge in [-0.05, 0) is 49.3 Å². The van der Waals surface area contributed by atoms with E-state index in [1.807, 2.05) is 23.4 Å². The lowest BCUT2D eigenvalue weighted by Crippen LogP contribution is -2.45. The van der Waals surface area contributed by atoms with Crippen LogP contribution in [0, 0.1) is 5.92 Å². The monoisotopic (exact) mass is 376 g/mol. The number of rotatable bonds is 6. The van der Waals surface area contributed by atoms with Gasteiger partial charge in [-0.2, -0.15) is 0 Å². The highest BCUT2D eigenvalue weighted by molar-refractivity contribution is 5.75. The Morgan fingerprint density at radius 3 is 2.61 bits per heavy atom. The molecule has 3 aromatic rings. The fraction of sp³-hybridized carbons (Fsp3) is 0.391. The largest absolute Gasteiger partial charge is 0.338 e. The zero-order chi connectivity index (χ0) is 19.2. The molecule has 28 heavy (non-hydrogen) atoms. The Morgan fingerprint density at radius 1 is 1.04 bits per heavy atom. The first-order valence-corrected chi connectivity index (χ1v) is 10.3. The van der Waals surface area contributed by atoms with Gasteiger partial charge in [-0.3, -0.25) is 0 Å². The second-order valence-electron chi connectivity index (χ2n) is 7.64. The molecule has 0 spiro atoms. The summed E-state index contributed by atoms with van der Waals surface area (Å²) in [6, 6.07) is 18.8. The molecule has 0 bridgehead atoms. The highest BCUT2D eigenvalue weighted by atomic mass is 16.2. The first-order valence-electron chi connectivity index (χ1n) is 10.3. The number of benzene rings is 2. The molecular weight excluding hydrogens is 348 g/mol. The van der Waals surface area contributed by atoms with E-state index in [4.69, 9.17) is 0 Å². The summed E-state index contributed by atoms with van der Waals surface area (Å²) < 4.78 is 2.25. The quantitative estimate of drug-likeness (QED) is 0.659. The zero-order valence-corrected chi connectivity index (χ0v) is 16.3. The minimum Gasteiger partial charge on any atom is -0.338 e. The van der Waals surface area contributed by atoms with Crippen molar-refractivity contribution in [1.29, 1.82) is 0 Å². The average Bonchev–Trinajstić information content (AvgIpc) is 3.15. The SMILES string of the molecule is O=C(NCCCc1ccccc1)N1CCC(Cn2cnc3ccccc32)CC1. The van der Waals surface area contributed by atoms with E-state index >= 15 is 0 Å². The molecule has 0 atom stereocenters. The number of carbonyl (C=O) groups is 1.